The SMILES string of the molecule is Cn1cc(NCC2(c3ccc(N)cc3)CC2)cn1. The maximum atomic E-state index is 5.73. The number of aromatic nitrogens is 2. The van der Waals surface area contributed by atoms with Crippen molar-refractivity contribution in [2.45, 2.75) is 18.3 Å². The summed E-state index contributed by atoms with van der Waals surface area (Å²) in [5, 5.41) is 7.63. The molecule has 1 aliphatic carbocycles. The van der Waals surface area contributed by atoms with Crippen molar-refractivity contribution in [3.8, 4) is 0 Å². The lowest BCUT2D eigenvalue weighted by Crippen LogP contribution is -2.19. The molecule has 3 N–H and O–H groups in total. The van der Waals surface area contributed by atoms with Crippen molar-refractivity contribution < 1.29 is 0 Å². The van der Waals surface area contributed by atoms with Crippen LogP contribution in [0.15, 0.2) is 36.7 Å². The summed E-state index contributed by atoms with van der Waals surface area (Å²) >= 11 is 0. The summed E-state index contributed by atoms with van der Waals surface area (Å²) < 4.78 is 1.81. The number of rotatable bonds is 4. The number of nitrogen functional groups attached to an aromatic ring is 1. The number of benzene rings is 1. The number of hydrogen-bond acceptors (Lipinski definition) is 3. The minimum Gasteiger partial charge on any atom is -0.399 e. The molecule has 18 heavy (non-hydrogen) atoms. The molecule has 0 saturated heterocycles. The lowest BCUT2D eigenvalue weighted by Gasteiger charge is -2.16. The Hall–Kier alpha value is -1.97. The fourth-order valence-corrected chi connectivity index (χ4v) is 2.34. The number of aryl methyl sites for hydroxylation is 1. The Morgan fingerprint density at radius 1 is 1.33 bits per heavy atom. The van der Waals surface area contributed by atoms with E-state index in [9.17, 15) is 0 Å². The topological polar surface area (TPSA) is 55.9 Å². The molecule has 0 aliphatic heterocycles. The Labute approximate surface area is 107 Å². The third-order valence-electron chi connectivity index (χ3n) is 3.71. The molecule has 1 saturated carbocycles. The lowest BCUT2D eigenvalue weighted by atomic mass is 9.95. The molecule has 0 bridgehead atoms. The quantitative estimate of drug-likeness (QED) is 0.808. The van der Waals surface area contributed by atoms with Crippen LogP contribution in [0.25, 0.3) is 0 Å². The van der Waals surface area contributed by atoms with E-state index in [2.05, 4.69) is 22.5 Å². The zero-order valence-corrected chi connectivity index (χ0v) is 10.6. The molecular weight excluding hydrogens is 224 g/mol. The molecule has 0 radical (unpaired) electrons. The summed E-state index contributed by atoms with van der Waals surface area (Å²) in [4.78, 5) is 0. The second-order valence-electron chi connectivity index (χ2n) is 5.16. The zero-order valence-electron chi connectivity index (χ0n) is 10.6. The Balaban J connectivity index is 1.70. The van der Waals surface area contributed by atoms with E-state index in [-0.39, 0.29) is 0 Å². The van der Waals surface area contributed by atoms with Crippen LogP contribution in [0.1, 0.15) is 18.4 Å². The van der Waals surface area contributed by atoms with Crippen LogP contribution in [0.2, 0.25) is 0 Å². The van der Waals surface area contributed by atoms with Crippen LogP contribution in [-0.4, -0.2) is 16.3 Å². The van der Waals surface area contributed by atoms with Gasteiger partial charge in [-0.1, -0.05) is 12.1 Å². The van der Waals surface area contributed by atoms with Gasteiger partial charge in [-0.25, -0.2) is 0 Å². The minimum absolute atomic E-state index is 0.295. The van der Waals surface area contributed by atoms with E-state index in [1.165, 1.54) is 18.4 Å². The highest BCUT2D eigenvalue weighted by atomic mass is 15.3. The van der Waals surface area contributed by atoms with E-state index in [0.29, 0.717) is 5.41 Å². The van der Waals surface area contributed by atoms with Crippen LogP contribution in [0, 0.1) is 0 Å². The van der Waals surface area contributed by atoms with Gasteiger partial charge in [0.15, 0.2) is 0 Å². The average Bonchev–Trinajstić information content (AvgIpc) is 3.05. The second kappa shape index (κ2) is 4.05. The maximum absolute atomic E-state index is 5.73. The van der Waals surface area contributed by atoms with Gasteiger partial charge < -0.3 is 11.1 Å². The largest absolute Gasteiger partial charge is 0.399 e. The Morgan fingerprint density at radius 2 is 2.06 bits per heavy atom. The molecule has 1 fully saturated rings. The number of nitrogens with zero attached hydrogens (tertiary/aromatic N) is 2. The molecule has 3 rings (SSSR count). The average molecular weight is 242 g/mol. The van der Waals surface area contributed by atoms with Crippen LogP contribution < -0.4 is 11.1 Å². The summed E-state index contributed by atoms with van der Waals surface area (Å²) in [6, 6.07) is 8.26. The van der Waals surface area contributed by atoms with E-state index < -0.39 is 0 Å². The molecule has 0 atom stereocenters. The Morgan fingerprint density at radius 3 is 2.61 bits per heavy atom. The predicted molar refractivity (Wildman–Crippen MR) is 73.5 cm³/mol. The number of hydrogen-bond donors (Lipinski definition) is 2. The van der Waals surface area contributed by atoms with Crippen molar-refractivity contribution in [2.75, 3.05) is 17.6 Å². The van der Waals surface area contributed by atoms with Crippen molar-refractivity contribution in [2.24, 2.45) is 7.05 Å². The normalized spacial score (nSPS) is 16.5. The number of nitrogens with two attached hydrogens (primary N) is 1. The van der Waals surface area contributed by atoms with Crippen LogP contribution in [0.5, 0.6) is 0 Å². The fourth-order valence-electron chi connectivity index (χ4n) is 2.34. The molecule has 4 heteroatoms. The molecular formula is C14H18N4. The first kappa shape index (κ1) is 11.1. The zero-order chi connectivity index (χ0) is 12.6. The van der Waals surface area contributed by atoms with E-state index >= 15 is 0 Å². The van der Waals surface area contributed by atoms with Crippen LogP contribution >= 0.6 is 0 Å². The Kier molecular flexibility index (Phi) is 2.51. The highest BCUT2D eigenvalue weighted by Crippen LogP contribution is 2.48. The second-order valence-corrected chi connectivity index (χ2v) is 5.16. The van der Waals surface area contributed by atoms with E-state index in [0.717, 1.165) is 17.9 Å². The van der Waals surface area contributed by atoms with Gasteiger partial charge in [0.2, 0.25) is 0 Å². The maximum Gasteiger partial charge on any atom is 0.0726 e. The third kappa shape index (κ3) is 2.06. The number of anilines is 2. The van der Waals surface area contributed by atoms with Gasteiger partial charge in [-0.05, 0) is 30.5 Å². The minimum atomic E-state index is 0.295. The monoisotopic (exact) mass is 242 g/mol. The molecule has 2 aromatic rings. The standard InChI is InChI=1S/C14H18N4/c1-18-9-13(8-17-18)16-10-14(6-7-14)11-2-4-12(15)5-3-11/h2-5,8-9,16H,6-7,10,15H2,1H3. The molecule has 1 aliphatic rings. The molecule has 1 aromatic carbocycles. The van der Waals surface area contributed by atoms with Gasteiger partial charge in [0, 0.05) is 30.9 Å². The summed E-state index contributed by atoms with van der Waals surface area (Å²) in [5.74, 6) is 0. The first-order valence-corrected chi connectivity index (χ1v) is 6.27. The molecule has 94 valence electrons. The van der Waals surface area contributed by atoms with E-state index in [1.54, 1.807) is 0 Å². The molecule has 0 spiro atoms. The third-order valence-corrected chi connectivity index (χ3v) is 3.71. The first-order valence-electron chi connectivity index (χ1n) is 6.27. The van der Waals surface area contributed by atoms with Gasteiger partial charge in [-0.3, -0.25) is 4.68 Å². The lowest BCUT2D eigenvalue weighted by molar-refractivity contribution is 0.732. The molecule has 1 aromatic heterocycles. The first-order chi connectivity index (χ1) is 8.68. The van der Waals surface area contributed by atoms with Crippen molar-refractivity contribution >= 4 is 11.4 Å². The van der Waals surface area contributed by atoms with Gasteiger partial charge in [0.25, 0.3) is 0 Å². The van der Waals surface area contributed by atoms with Crippen LogP contribution in [0.3, 0.4) is 0 Å². The highest BCUT2D eigenvalue weighted by molar-refractivity contribution is 5.46. The highest BCUT2D eigenvalue weighted by Gasteiger charge is 2.43. The smallest absolute Gasteiger partial charge is 0.0726 e. The summed E-state index contributed by atoms with van der Waals surface area (Å²) in [6.45, 7) is 0.961. The van der Waals surface area contributed by atoms with E-state index in [1.807, 2.05) is 36.3 Å². The van der Waals surface area contributed by atoms with Crippen LogP contribution in [-0.2, 0) is 12.5 Å². The van der Waals surface area contributed by atoms with Gasteiger partial charge in [0.05, 0.1) is 11.9 Å². The summed E-state index contributed by atoms with van der Waals surface area (Å²) in [6.07, 6.45) is 6.34. The van der Waals surface area contributed by atoms with Gasteiger partial charge in [-0.15, -0.1) is 0 Å². The fraction of sp³-hybridized carbons (Fsp3) is 0.357. The molecule has 0 unspecified atom stereocenters. The Bertz CT molecular complexity index is 537. The summed E-state index contributed by atoms with van der Waals surface area (Å²) in [5.41, 5.74) is 9.32. The van der Waals surface area contributed by atoms with Crippen molar-refractivity contribution in [3.63, 3.8) is 0 Å². The summed E-state index contributed by atoms with van der Waals surface area (Å²) in [7, 11) is 1.93. The number of nitrogens with one attached hydrogen (secondary N) is 1. The predicted octanol–water partition coefficient (Wildman–Crippen LogP) is 2.15. The molecule has 0 amide bonds. The van der Waals surface area contributed by atoms with Gasteiger partial charge in [-0.2, -0.15) is 5.10 Å². The molecule has 4 nitrogen and oxygen atoms in total. The molecule has 1 heterocycles. The van der Waals surface area contributed by atoms with Crippen LogP contribution in [0.4, 0.5) is 11.4 Å². The van der Waals surface area contributed by atoms with E-state index in [4.69, 9.17) is 5.73 Å². The van der Waals surface area contributed by atoms with Gasteiger partial charge >= 0.3 is 0 Å². The van der Waals surface area contributed by atoms with Crippen molar-refractivity contribution in [1.82, 2.24) is 9.78 Å². The van der Waals surface area contributed by atoms with Gasteiger partial charge in [0.1, 0.15) is 0 Å². The van der Waals surface area contributed by atoms with Crippen molar-refractivity contribution in [3.05, 3.63) is 42.2 Å². The van der Waals surface area contributed by atoms with Crippen molar-refractivity contribution in [1.29, 1.82) is 0 Å².